The lowest BCUT2D eigenvalue weighted by atomic mass is 9.99. The minimum absolute atomic E-state index is 0.238. The molecule has 1 aromatic carbocycles. The van der Waals surface area contributed by atoms with Crippen LogP contribution in [-0.2, 0) is 6.54 Å². The summed E-state index contributed by atoms with van der Waals surface area (Å²) in [4.78, 5) is 17.4. The number of likely N-dealkylation sites (tertiary alicyclic amines) is 1. The molecule has 21 heavy (non-hydrogen) atoms. The number of carboxylic acids is 1. The van der Waals surface area contributed by atoms with Gasteiger partial charge in [0.2, 0.25) is 0 Å². The topological polar surface area (TPSA) is 53.4 Å². The molecule has 2 heterocycles. The fourth-order valence-corrected chi connectivity index (χ4v) is 2.85. The van der Waals surface area contributed by atoms with Gasteiger partial charge in [-0.05, 0) is 36.6 Å². The summed E-state index contributed by atoms with van der Waals surface area (Å²) >= 11 is 0. The lowest BCUT2D eigenvalue weighted by Gasteiger charge is -2.15. The Morgan fingerprint density at radius 3 is 2.71 bits per heavy atom. The van der Waals surface area contributed by atoms with Gasteiger partial charge < -0.3 is 5.11 Å². The normalized spacial score (nSPS) is 18.8. The van der Waals surface area contributed by atoms with E-state index in [0.29, 0.717) is 5.92 Å². The van der Waals surface area contributed by atoms with Gasteiger partial charge in [0.1, 0.15) is 0 Å². The van der Waals surface area contributed by atoms with Gasteiger partial charge in [-0.2, -0.15) is 0 Å². The van der Waals surface area contributed by atoms with E-state index in [1.807, 2.05) is 6.07 Å². The maximum atomic E-state index is 10.8. The van der Waals surface area contributed by atoms with Gasteiger partial charge in [0, 0.05) is 19.3 Å². The first-order chi connectivity index (χ1) is 10.2. The van der Waals surface area contributed by atoms with Gasteiger partial charge in [0.15, 0.2) is 0 Å². The Kier molecular flexibility index (Phi) is 3.97. The zero-order valence-corrected chi connectivity index (χ0v) is 11.8. The molecule has 3 rings (SSSR count). The van der Waals surface area contributed by atoms with Crippen molar-refractivity contribution in [2.45, 2.75) is 18.9 Å². The van der Waals surface area contributed by atoms with Crippen LogP contribution in [0.4, 0.5) is 0 Å². The molecule has 1 saturated heterocycles. The Labute approximate surface area is 124 Å². The molecular formula is C17H18N2O2. The highest BCUT2D eigenvalue weighted by molar-refractivity contribution is 5.87. The summed E-state index contributed by atoms with van der Waals surface area (Å²) in [5.41, 5.74) is 2.56. The average molecular weight is 282 g/mol. The highest BCUT2D eigenvalue weighted by Crippen LogP contribution is 2.27. The predicted octanol–water partition coefficient (Wildman–Crippen LogP) is 2.77. The molecule has 1 unspecified atom stereocenters. The van der Waals surface area contributed by atoms with Crippen molar-refractivity contribution in [1.82, 2.24) is 9.88 Å². The summed E-state index contributed by atoms with van der Waals surface area (Å²) in [6.07, 6.45) is 2.60. The van der Waals surface area contributed by atoms with Crippen LogP contribution in [-0.4, -0.2) is 34.0 Å². The fraction of sp³-hybridized carbons (Fsp3) is 0.294. The summed E-state index contributed by atoms with van der Waals surface area (Å²) in [7, 11) is 0. The van der Waals surface area contributed by atoms with Crippen molar-refractivity contribution in [2.24, 2.45) is 0 Å². The Morgan fingerprint density at radius 1 is 1.24 bits per heavy atom. The number of nitrogens with zero attached hydrogens (tertiary/aromatic N) is 2. The van der Waals surface area contributed by atoms with E-state index < -0.39 is 5.97 Å². The summed E-state index contributed by atoms with van der Waals surface area (Å²) in [5.74, 6) is -0.344. The number of carboxylic acid groups (broad SMARTS) is 1. The number of aromatic carboxylic acids is 1. The number of benzene rings is 1. The van der Waals surface area contributed by atoms with Crippen molar-refractivity contribution >= 4 is 5.97 Å². The summed E-state index contributed by atoms with van der Waals surface area (Å²) in [6.45, 7) is 2.87. The van der Waals surface area contributed by atoms with Crippen molar-refractivity contribution in [3.63, 3.8) is 0 Å². The second-order valence-corrected chi connectivity index (χ2v) is 5.47. The molecule has 1 aliphatic rings. The second kappa shape index (κ2) is 6.06. The standard InChI is InChI=1S/C17H18N2O2/c20-17(21)14-6-7-16(18-10-14)12-19-9-8-15(11-19)13-4-2-1-3-5-13/h1-7,10,15H,8-9,11-12H2,(H,20,21). The van der Waals surface area contributed by atoms with Crippen LogP contribution in [0, 0.1) is 0 Å². The second-order valence-electron chi connectivity index (χ2n) is 5.47. The summed E-state index contributed by atoms with van der Waals surface area (Å²) < 4.78 is 0. The van der Waals surface area contributed by atoms with Crippen LogP contribution in [0.2, 0.25) is 0 Å². The number of rotatable bonds is 4. The Morgan fingerprint density at radius 2 is 2.05 bits per heavy atom. The highest BCUT2D eigenvalue weighted by Gasteiger charge is 2.23. The van der Waals surface area contributed by atoms with Crippen molar-refractivity contribution in [3.05, 3.63) is 65.5 Å². The Bertz CT molecular complexity index is 610. The third-order valence-electron chi connectivity index (χ3n) is 4.00. The van der Waals surface area contributed by atoms with Crippen LogP contribution in [0.5, 0.6) is 0 Å². The van der Waals surface area contributed by atoms with E-state index in [9.17, 15) is 4.79 Å². The summed E-state index contributed by atoms with van der Waals surface area (Å²) in [5, 5.41) is 8.87. The number of hydrogen-bond acceptors (Lipinski definition) is 3. The number of hydrogen-bond donors (Lipinski definition) is 1. The smallest absolute Gasteiger partial charge is 0.337 e. The molecule has 4 nitrogen and oxygen atoms in total. The lowest BCUT2D eigenvalue weighted by Crippen LogP contribution is -2.20. The van der Waals surface area contributed by atoms with Crippen molar-refractivity contribution in [3.8, 4) is 0 Å². The van der Waals surface area contributed by atoms with Crippen LogP contribution in [0.1, 0.15) is 34.0 Å². The molecule has 4 heteroatoms. The minimum Gasteiger partial charge on any atom is -0.478 e. The van der Waals surface area contributed by atoms with Crippen molar-refractivity contribution in [2.75, 3.05) is 13.1 Å². The van der Waals surface area contributed by atoms with Gasteiger partial charge in [0.05, 0.1) is 11.3 Å². The van der Waals surface area contributed by atoms with E-state index in [1.165, 1.54) is 11.8 Å². The number of aromatic nitrogens is 1. The van der Waals surface area contributed by atoms with E-state index in [-0.39, 0.29) is 5.56 Å². The van der Waals surface area contributed by atoms with Gasteiger partial charge >= 0.3 is 5.97 Å². The monoisotopic (exact) mass is 282 g/mol. The Hall–Kier alpha value is -2.20. The molecule has 0 bridgehead atoms. The average Bonchev–Trinajstić information content (AvgIpc) is 2.97. The number of pyridine rings is 1. The van der Waals surface area contributed by atoms with Gasteiger partial charge in [-0.3, -0.25) is 9.88 Å². The highest BCUT2D eigenvalue weighted by atomic mass is 16.4. The minimum atomic E-state index is -0.931. The summed E-state index contributed by atoms with van der Waals surface area (Å²) in [6, 6.07) is 14.0. The molecule has 0 spiro atoms. The zero-order valence-electron chi connectivity index (χ0n) is 11.8. The van der Waals surface area contributed by atoms with Crippen LogP contribution in [0.3, 0.4) is 0 Å². The molecule has 0 amide bonds. The van der Waals surface area contributed by atoms with Crippen LogP contribution in [0.25, 0.3) is 0 Å². The maximum absolute atomic E-state index is 10.8. The van der Waals surface area contributed by atoms with Crippen LogP contribution < -0.4 is 0 Å². The van der Waals surface area contributed by atoms with E-state index in [0.717, 1.165) is 31.7 Å². The first-order valence-corrected chi connectivity index (χ1v) is 7.18. The molecule has 2 aromatic rings. The van der Waals surface area contributed by atoms with E-state index in [1.54, 1.807) is 12.1 Å². The van der Waals surface area contributed by atoms with Gasteiger partial charge in [0.25, 0.3) is 0 Å². The van der Waals surface area contributed by atoms with E-state index >= 15 is 0 Å². The number of carbonyl (C=O) groups is 1. The van der Waals surface area contributed by atoms with Gasteiger partial charge in [-0.1, -0.05) is 30.3 Å². The predicted molar refractivity (Wildman–Crippen MR) is 80.3 cm³/mol. The zero-order chi connectivity index (χ0) is 14.7. The third kappa shape index (κ3) is 3.28. The van der Waals surface area contributed by atoms with Crippen LogP contribution in [0.15, 0.2) is 48.7 Å². The molecule has 1 fully saturated rings. The first kappa shape index (κ1) is 13.8. The molecule has 1 aliphatic heterocycles. The molecular weight excluding hydrogens is 264 g/mol. The molecule has 0 radical (unpaired) electrons. The van der Waals surface area contributed by atoms with Crippen LogP contribution >= 0.6 is 0 Å². The van der Waals surface area contributed by atoms with Crippen molar-refractivity contribution < 1.29 is 9.90 Å². The Balaban J connectivity index is 1.61. The molecule has 1 atom stereocenters. The molecule has 108 valence electrons. The van der Waals surface area contributed by atoms with E-state index in [2.05, 4.69) is 34.1 Å². The SMILES string of the molecule is O=C(O)c1ccc(CN2CCC(c3ccccc3)C2)nc1. The molecule has 1 N–H and O–H groups in total. The molecule has 0 saturated carbocycles. The first-order valence-electron chi connectivity index (χ1n) is 7.18. The fourth-order valence-electron chi connectivity index (χ4n) is 2.85. The lowest BCUT2D eigenvalue weighted by molar-refractivity contribution is 0.0696. The third-order valence-corrected chi connectivity index (χ3v) is 4.00. The maximum Gasteiger partial charge on any atom is 0.337 e. The quantitative estimate of drug-likeness (QED) is 0.937. The van der Waals surface area contributed by atoms with E-state index in [4.69, 9.17) is 5.11 Å². The van der Waals surface area contributed by atoms with Crippen molar-refractivity contribution in [1.29, 1.82) is 0 Å². The molecule has 0 aliphatic carbocycles. The van der Waals surface area contributed by atoms with Gasteiger partial charge in [-0.25, -0.2) is 4.79 Å². The van der Waals surface area contributed by atoms with Gasteiger partial charge in [-0.15, -0.1) is 0 Å². The molecule has 1 aromatic heterocycles. The largest absolute Gasteiger partial charge is 0.478 e.